The average molecular weight is 356 g/mol. The van der Waals surface area contributed by atoms with Crippen LogP contribution in [0.4, 0.5) is 0 Å². The maximum Gasteiger partial charge on any atom is 0.241 e. The first kappa shape index (κ1) is 11.8. The summed E-state index contributed by atoms with van der Waals surface area (Å²) in [6.07, 6.45) is 0. The molecule has 1 unspecified atom stereocenters. The molecule has 2 aromatic rings. The Balaban J connectivity index is 2.28. The number of thioether (sulfide) groups is 1. The number of fused-ring (bicyclic) bond motifs is 3. The van der Waals surface area contributed by atoms with Gasteiger partial charge in [0.1, 0.15) is 0 Å². The second-order valence-corrected chi connectivity index (χ2v) is 8.81. The van der Waals surface area contributed by atoms with Crippen molar-refractivity contribution in [3.63, 3.8) is 0 Å². The van der Waals surface area contributed by atoms with E-state index in [1.165, 1.54) is 21.7 Å². The monoisotopic (exact) mass is 356 g/mol. The van der Waals surface area contributed by atoms with Crippen molar-refractivity contribution in [2.24, 2.45) is 0 Å². The van der Waals surface area contributed by atoms with Gasteiger partial charge in [-0.15, -0.1) is 0 Å². The molecule has 0 amide bonds. The molecule has 1 atom stereocenters. The predicted octanol–water partition coefficient (Wildman–Crippen LogP) is 3.99. The second-order valence-electron chi connectivity index (χ2n) is 4.99. The average Bonchev–Trinajstić information content (AvgIpc) is 2.72. The van der Waals surface area contributed by atoms with Crippen LogP contribution in [0.1, 0.15) is 19.9 Å². The van der Waals surface area contributed by atoms with E-state index < -0.39 is 0 Å². The highest BCUT2D eigenvalue weighted by molar-refractivity contribution is 14.1. The Morgan fingerprint density at radius 1 is 1.24 bits per heavy atom. The normalized spacial score (nSPS) is 19.6. The Labute approximate surface area is 120 Å². The van der Waals surface area contributed by atoms with Crippen molar-refractivity contribution in [1.29, 1.82) is 0 Å². The summed E-state index contributed by atoms with van der Waals surface area (Å²) < 4.78 is 2.80. The van der Waals surface area contributed by atoms with Crippen LogP contribution in [0.5, 0.6) is 0 Å². The van der Waals surface area contributed by atoms with Crippen molar-refractivity contribution in [3.8, 4) is 0 Å². The minimum atomic E-state index is 0.283. The van der Waals surface area contributed by atoms with Crippen LogP contribution in [0.3, 0.4) is 0 Å². The summed E-state index contributed by atoms with van der Waals surface area (Å²) in [7, 11) is 0. The van der Waals surface area contributed by atoms with Crippen LogP contribution in [0.2, 0.25) is 0 Å². The molecule has 0 aliphatic carbocycles. The molecule has 0 spiro atoms. The van der Waals surface area contributed by atoms with Gasteiger partial charge >= 0.3 is 0 Å². The molecular weight excluding hydrogens is 341 g/mol. The molecule has 2 heterocycles. The van der Waals surface area contributed by atoms with Crippen molar-refractivity contribution in [3.05, 3.63) is 36.4 Å². The first-order valence-electron chi connectivity index (χ1n) is 5.82. The lowest BCUT2D eigenvalue weighted by molar-refractivity contribution is -0.725. The molecule has 1 aliphatic heterocycles. The van der Waals surface area contributed by atoms with Crippen molar-refractivity contribution in [2.45, 2.75) is 28.3 Å². The summed E-state index contributed by atoms with van der Waals surface area (Å²) in [5.74, 6) is 1.18. The minimum absolute atomic E-state index is 0.283. The highest BCUT2D eigenvalue weighted by Crippen LogP contribution is 2.38. The maximum atomic E-state index is 2.57. The van der Waals surface area contributed by atoms with Crippen molar-refractivity contribution in [1.82, 2.24) is 0 Å². The van der Waals surface area contributed by atoms with Gasteiger partial charge in [-0.25, -0.2) is 0 Å². The standard InChI is InChI=1S/C14H15INS/c1-14(2,15)12-9-17-13-8-7-10-5-3-4-6-11(10)16(12)13/h3-8,12H,9H2,1-2H3/q+1. The highest BCUT2D eigenvalue weighted by Gasteiger charge is 2.42. The zero-order valence-electron chi connectivity index (χ0n) is 9.98. The number of aromatic nitrogens is 1. The van der Waals surface area contributed by atoms with E-state index >= 15 is 0 Å². The van der Waals surface area contributed by atoms with Gasteiger partial charge in [-0.05, 0) is 26.0 Å². The Morgan fingerprint density at radius 2 is 2.00 bits per heavy atom. The number of hydrogen-bond donors (Lipinski definition) is 0. The van der Waals surface area contributed by atoms with Gasteiger partial charge < -0.3 is 0 Å². The third-order valence-corrected chi connectivity index (χ3v) is 5.16. The first-order chi connectivity index (χ1) is 8.07. The Hall–Kier alpha value is -0.290. The topological polar surface area (TPSA) is 3.88 Å². The van der Waals surface area contributed by atoms with Gasteiger partial charge in [-0.3, -0.25) is 0 Å². The number of hydrogen-bond acceptors (Lipinski definition) is 1. The van der Waals surface area contributed by atoms with E-state index in [0.717, 1.165) is 0 Å². The Kier molecular flexibility index (Phi) is 2.86. The molecule has 0 bridgehead atoms. The maximum absolute atomic E-state index is 2.57. The molecule has 0 saturated heterocycles. The molecular formula is C14H15INS+. The van der Waals surface area contributed by atoms with E-state index in [0.29, 0.717) is 6.04 Å². The molecule has 3 rings (SSSR count). The second kappa shape index (κ2) is 4.12. The fraction of sp³-hybridized carbons (Fsp3) is 0.357. The zero-order chi connectivity index (χ0) is 12.0. The molecule has 88 valence electrons. The highest BCUT2D eigenvalue weighted by atomic mass is 127. The van der Waals surface area contributed by atoms with Gasteiger partial charge in [0, 0.05) is 17.5 Å². The largest absolute Gasteiger partial charge is 0.241 e. The lowest BCUT2D eigenvalue weighted by atomic mass is 10.0. The van der Waals surface area contributed by atoms with E-state index in [1.54, 1.807) is 0 Å². The predicted molar refractivity (Wildman–Crippen MR) is 82.0 cm³/mol. The van der Waals surface area contributed by atoms with Gasteiger partial charge in [0.2, 0.25) is 10.5 Å². The molecule has 0 fully saturated rings. The quantitative estimate of drug-likeness (QED) is 0.425. The molecule has 1 aromatic heterocycles. The number of pyridine rings is 1. The number of alkyl halides is 1. The summed E-state index contributed by atoms with van der Waals surface area (Å²) in [6, 6.07) is 13.8. The Bertz CT molecular complexity index is 574. The van der Waals surface area contributed by atoms with Crippen LogP contribution in [-0.2, 0) is 0 Å². The fourth-order valence-electron chi connectivity index (χ4n) is 2.39. The van der Waals surface area contributed by atoms with E-state index in [9.17, 15) is 0 Å². The SMILES string of the molecule is CC(C)(I)C1CSc2ccc3ccccc3[n+]21. The molecule has 1 nitrogen and oxygen atoms in total. The van der Waals surface area contributed by atoms with Gasteiger partial charge in [0.15, 0.2) is 6.04 Å². The van der Waals surface area contributed by atoms with Gasteiger partial charge in [0.05, 0.1) is 9.17 Å². The van der Waals surface area contributed by atoms with Crippen LogP contribution in [0, 0.1) is 0 Å². The zero-order valence-corrected chi connectivity index (χ0v) is 13.0. The number of benzene rings is 1. The number of halogens is 1. The van der Waals surface area contributed by atoms with E-state index in [2.05, 4.69) is 77.4 Å². The molecule has 0 N–H and O–H groups in total. The molecule has 17 heavy (non-hydrogen) atoms. The number of nitrogens with zero attached hydrogens (tertiary/aromatic N) is 1. The minimum Gasteiger partial charge on any atom is -0.181 e. The number of rotatable bonds is 1. The summed E-state index contributed by atoms with van der Waals surface area (Å²) >= 11 is 4.55. The molecule has 0 radical (unpaired) electrons. The molecule has 1 aromatic carbocycles. The van der Waals surface area contributed by atoms with E-state index in [-0.39, 0.29) is 3.42 Å². The summed E-state index contributed by atoms with van der Waals surface area (Å²) in [6.45, 7) is 4.64. The van der Waals surface area contributed by atoms with E-state index in [4.69, 9.17) is 0 Å². The van der Waals surface area contributed by atoms with E-state index in [1.807, 2.05) is 11.8 Å². The summed E-state index contributed by atoms with van der Waals surface area (Å²) in [5.41, 5.74) is 1.37. The lowest BCUT2D eigenvalue weighted by Crippen LogP contribution is -2.47. The van der Waals surface area contributed by atoms with Gasteiger partial charge in [-0.2, -0.15) is 4.57 Å². The summed E-state index contributed by atoms with van der Waals surface area (Å²) in [5, 5.41) is 2.74. The van der Waals surface area contributed by atoms with Crippen LogP contribution >= 0.6 is 34.4 Å². The van der Waals surface area contributed by atoms with Crippen LogP contribution in [-0.4, -0.2) is 9.17 Å². The van der Waals surface area contributed by atoms with Crippen LogP contribution in [0.25, 0.3) is 10.9 Å². The lowest BCUT2D eigenvalue weighted by Gasteiger charge is -2.20. The van der Waals surface area contributed by atoms with Crippen molar-refractivity contribution >= 4 is 45.3 Å². The number of para-hydroxylation sites is 1. The third-order valence-electron chi connectivity index (χ3n) is 3.33. The van der Waals surface area contributed by atoms with Crippen molar-refractivity contribution < 1.29 is 4.57 Å². The molecule has 3 heteroatoms. The smallest absolute Gasteiger partial charge is 0.181 e. The first-order valence-corrected chi connectivity index (χ1v) is 7.89. The van der Waals surface area contributed by atoms with Gasteiger partial charge in [0.25, 0.3) is 0 Å². The van der Waals surface area contributed by atoms with Crippen LogP contribution < -0.4 is 4.57 Å². The Morgan fingerprint density at radius 3 is 2.76 bits per heavy atom. The molecule has 0 saturated carbocycles. The van der Waals surface area contributed by atoms with Crippen molar-refractivity contribution in [2.75, 3.05) is 5.75 Å². The molecule has 1 aliphatic rings. The van der Waals surface area contributed by atoms with Crippen LogP contribution in [0.15, 0.2) is 41.4 Å². The third kappa shape index (κ3) is 1.97. The summed E-state index contributed by atoms with van der Waals surface area (Å²) in [4.78, 5) is 0. The fourth-order valence-corrected chi connectivity index (χ4v) is 4.61. The van der Waals surface area contributed by atoms with Gasteiger partial charge in [-0.1, -0.05) is 46.5 Å².